The van der Waals surface area contributed by atoms with Crippen LogP contribution in [0, 0.1) is 11.8 Å². The zero-order valence-electron chi connectivity index (χ0n) is 18.3. The fourth-order valence-corrected chi connectivity index (χ4v) is 5.08. The molecule has 0 saturated heterocycles. The van der Waals surface area contributed by atoms with E-state index in [0.29, 0.717) is 11.5 Å². The summed E-state index contributed by atoms with van der Waals surface area (Å²) in [7, 11) is -8.80. The van der Waals surface area contributed by atoms with E-state index >= 15 is 0 Å². The van der Waals surface area contributed by atoms with Crippen LogP contribution in [0.5, 0.6) is 0 Å². The molecule has 0 aromatic heterocycles. The van der Waals surface area contributed by atoms with Crippen LogP contribution in [0.1, 0.15) is 69.1 Å². The van der Waals surface area contributed by atoms with Gasteiger partial charge in [0.25, 0.3) is 0 Å². The number of hydrogen-bond donors (Lipinski definition) is 0. The van der Waals surface area contributed by atoms with Crippen LogP contribution >= 0.6 is 0 Å². The van der Waals surface area contributed by atoms with Crippen molar-refractivity contribution in [2.24, 2.45) is 11.8 Å². The van der Waals surface area contributed by atoms with Gasteiger partial charge in [-0.15, -0.1) is 0 Å². The monoisotopic (exact) mass is 466 g/mol. The molecule has 0 amide bonds. The molecule has 0 aliphatic heterocycles. The predicted octanol–water partition coefficient (Wildman–Crippen LogP) is 4.60. The van der Waals surface area contributed by atoms with Gasteiger partial charge in [0.15, 0.2) is 0 Å². The Morgan fingerprint density at radius 2 is 1.26 bits per heavy atom. The first-order valence-corrected chi connectivity index (χ1v) is 13.3. The lowest BCUT2D eigenvalue weighted by molar-refractivity contribution is 0.388. The summed E-state index contributed by atoms with van der Waals surface area (Å²) in [5.41, 5.74) is 2.52. The van der Waals surface area contributed by atoms with Crippen molar-refractivity contribution < 1.29 is 25.9 Å². The van der Waals surface area contributed by atoms with E-state index in [0.717, 1.165) is 24.0 Å². The summed E-state index contributed by atoms with van der Waals surface area (Å²) in [6.07, 6.45) is 1.74. The minimum Gasteiger partial charge on any atom is -0.748 e. The van der Waals surface area contributed by atoms with E-state index in [1.807, 2.05) is 12.1 Å². The van der Waals surface area contributed by atoms with Gasteiger partial charge in [0.1, 0.15) is 10.1 Å². The van der Waals surface area contributed by atoms with Gasteiger partial charge in [-0.05, 0) is 65.3 Å². The highest BCUT2D eigenvalue weighted by Crippen LogP contribution is 2.38. The smallest absolute Gasteiger partial charge is 0.124 e. The van der Waals surface area contributed by atoms with Crippen molar-refractivity contribution in [3.05, 3.63) is 65.2 Å². The average molecular weight is 467 g/mol. The van der Waals surface area contributed by atoms with E-state index in [2.05, 4.69) is 27.7 Å². The van der Waals surface area contributed by atoms with E-state index in [-0.39, 0.29) is 22.6 Å². The van der Waals surface area contributed by atoms with Crippen LogP contribution in [0.2, 0.25) is 0 Å². The molecule has 0 bridgehead atoms. The summed E-state index contributed by atoms with van der Waals surface area (Å²) in [6, 6.07) is 13.3. The number of rotatable bonds is 10. The van der Waals surface area contributed by atoms with Gasteiger partial charge >= 0.3 is 0 Å². The molecule has 6 nitrogen and oxygen atoms in total. The Hall–Kier alpha value is -1.74. The third-order valence-corrected chi connectivity index (χ3v) is 7.03. The molecular formula is C23H30O6S2-2. The summed E-state index contributed by atoms with van der Waals surface area (Å²) >= 11 is 0. The molecule has 0 saturated carbocycles. The maximum Gasteiger partial charge on any atom is 0.124 e. The first-order valence-electron chi connectivity index (χ1n) is 10.3. The molecule has 2 atom stereocenters. The third kappa shape index (κ3) is 8.03. The maximum atomic E-state index is 11.2. The first kappa shape index (κ1) is 25.5. The summed E-state index contributed by atoms with van der Waals surface area (Å²) in [5.74, 6) is 0.551. The van der Waals surface area contributed by atoms with Crippen molar-refractivity contribution >= 4 is 20.2 Å². The van der Waals surface area contributed by atoms with E-state index in [9.17, 15) is 25.9 Å². The molecule has 0 spiro atoms. The topological polar surface area (TPSA) is 114 Å². The van der Waals surface area contributed by atoms with Crippen molar-refractivity contribution in [3.8, 4) is 0 Å². The summed E-state index contributed by atoms with van der Waals surface area (Å²) < 4.78 is 66.7. The molecule has 0 fully saturated rings. The molecule has 0 radical (unpaired) electrons. The zero-order chi connectivity index (χ0) is 23.4. The fourth-order valence-electron chi connectivity index (χ4n) is 4.01. The predicted molar refractivity (Wildman–Crippen MR) is 119 cm³/mol. The highest BCUT2D eigenvalue weighted by Gasteiger charge is 2.23. The lowest BCUT2D eigenvalue weighted by atomic mass is 9.76. The van der Waals surface area contributed by atoms with E-state index in [1.165, 1.54) is 12.1 Å². The van der Waals surface area contributed by atoms with Gasteiger partial charge in [0.2, 0.25) is 0 Å². The van der Waals surface area contributed by atoms with Crippen LogP contribution in [0.15, 0.2) is 53.4 Å². The molecule has 0 aliphatic rings. The lowest BCUT2D eigenvalue weighted by Crippen LogP contribution is -2.14. The Kier molecular flexibility index (Phi) is 8.44. The SMILES string of the molecule is CC(C)CC(CC(c1ccc(S(=O)(=O)[O-])cc1)C(C)C)c1ccc(CS(=O)(=O)[O-])cc1. The summed E-state index contributed by atoms with van der Waals surface area (Å²) in [4.78, 5) is -0.235. The maximum absolute atomic E-state index is 11.2. The van der Waals surface area contributed by atoms with Gasteiger partial charge in [-0.25, -0.2) is 16.8 Å². The normalized spacial score (nSPS) is 14.7. The molecule has 2 unspecified atom stereocenters. The Balaban J connectivity index is 2.31. The van der Waals surface area contributed by atoms with Gasteiger partial charge in [-0.2, -0.15) is 0 Å². The van der Waals surface area contributed by atoms with Gasteiger partial charge in [-0.1, -0.05) is 64.1 Å². The summed E-state index contributed by atoms with van der Waals surface area (Å²) in [6.45, 7) is 8.50. The van der Waals surface area contributed by atoms with Crippen LogP contribution in [0.3, 0.4) is 0 Å². The molecule has 8 heteroatoms. The Bertz CT molecular complexity index is 1050. The minimum absolute atomic E-state index is 0.147. The molecule has 2 aromatic rings. The third-order valence-electron chi connectivity index (χ3n) is 5.49. The van der Waals surface area contributed by atoms with Crippen molar-refractivity contribution in [3.63, 3.8) is 0 Å². The standard InChI is InChI=1S/C23H32O6S2/c1-16(2)13-21(19-7-5-18(6-8-19)15-30(24,25)26)14-23(17(3)4)20-9-11-22(12-10-20)31(27,28)29/h5-12,16-17,21,23H,13-15H2,1-4H3,(H,24,25,26)(H,27,28,29)/p-2. The van der Waals surface area contributed by atoms with Gasteiger partial charge < -0.3 is 9.11 Å². The van der Waals surface area contributed by atoms with E-state index < -0.39 is 26.0 Å². The van der Waals surface area contributed by atoms with Crippen molar-refractivity contribution in [1.29, 1.82) is 0 Å². The molecule has 0 aliphatic carbocycles. The minimum atomic E-state index is -4.48. The van der Waals surface area contributed by atoms with Crippen LogP contribution in [-0.4, -0.2) is 25.9 Å². The van der Waals surface area contributed by atoms with E-state index in [1.54, 1.807) is 24.3 Å². The molecule has 2 aromatic carbocycles. The van der Waals surface area contributed by atoms with Crippen molar-refractivity contribution in [2.45, 2.75) is 63.0 Å². The molecule has 2 rings (SSSR count). The largest absolute Gasteiger partial charge is 0.748 e. The molecule has 31 heavy (non-hydrogen) atoms. The molecule has 0 heterocycles. The average Bonchev–Trinajstić information content (AvgIpc) is 2.63. The second kappa shape index (κ2) is 10.3. The first-order chi connectivity index (χ1) is 14.3. The number of benzene rings is 2. The van der Waals surface area contributed by atoms with Crippen molar-refractivity contribution in [2.75, 3.05) is 0 Å². The van der Waals surface area contributed by atoms with Crippen LogP contribution in [0.25, 0.3) is 0 Å². The van der Waals surface area contributed by atoms with Crippen LogP contribution < -0.4 is 0 Å². The Labute approximate surface area is 186 Å². The fraction of sp³-hybridized carbons (Fsp3) is 0.478. The zero-order valence-corrected chi connectivity index (χ0v) is 19.9. The van der Waals surface area contributed by atoms with E-state index in [4.69, 9.17) is 0 Å². The van der Waals surface area contributed by atoms with Crippen LogP contribution in [-0.2, 0) is 26.0 Å². The highest BCUT2D eigenvalue weighted by atomic mass is 32.2. The Morgan fingerprint density at radius 1 is 0.742 bits per heavy atom. The van der Waals surface area contributed by atoms with Gasteiger partial charge in [0.05, 0.1) is 20.8 Å². The molecule has 172 valence electrons. The molecular weight excluding hydrogens is 436 g/mol. The van der Waals surface area contributed by atoms with Crippen molar-refractivity contribution in [1.82, 2.24) is 0 Å². The van der Waals surface area contributed by atoms with Gasteiger partial charge in [0, 0.05) is 0 Å². The second-order valence-corrected chi connectivity index (χ2v) is 11.7. The highest BCUT2D eigenvalue weighted by molar-refractivity contribution is 7.85. The second-order valence-electron chi connectivity index (χ2n) is 8.88. The lowest BCUT2D eigenvalue weighted by Gasteiger charge is -2.29. The Morgan fingerprint density at radius 3 is 1.68 bits per heavy atom. The molecule has 0 N–H and O–H groups in total. The van der Waals surface area contributed by atoms with Crippen LogP contribution in [0.4, 0.5) is 0 Å². The number of hydrogen-bond acceptors (Lipinski definition) is 6. The van der Waals surface area contributed by atoms with Gasteiger partial charge in [-0.3, -0.25) is 0 Å². The quantitative estimate of drug-likeness (QED) is 0.473. The summed E-state index contributed by atoms with van der Waals surface area (Å²) in [5, 5.41) is 0.